The molecule has 0 saturated carbocycles. The van der Waals surface area contributed by atoms with Gasteiger partial charge in [0.2, 0.25) is 5.91 Å². The standard InChI is InChI=1S/C17H17ClN2O/c18-16-11-5-4-10-15(16)13-19-20-17(21)12-6-9-14-7-2-1-3-8-14/h1-5,7-8,10-11,13H,6,9,12H2,(H,20,21)/b19-13-. The summed E-state index contributed by atoms with van der Waals surface area (Å²) in [5, 5.41) is 4.53. The van der Waals surface area contributed by atoms with Crippen LogP contribution in [0.5, 0.6) is 0 Å². The molecule has 4 heteroatoms. The van der Waals surface area contributed by atoms with Gasteiger partial charge in [-0.05, 0) is 24.5 Å². The third-order valence-electron chi connectivity index (χ3n) is 3.01. The van der Waals surface area contributed by atoms with Crippen molar-refractivity contribution < 1.29 is 4.79 Å². The summed E-state index contributed by atoms with van der Waals surface area (Å²) in [5.74, 6) is -0.0887. The van der Waals surface area contributed by atoms with E-state index in [2.05, 4.69) is 22.7 Å². The Morgan fingerprint density at radius 1 is 1.10 bits per heavy atom. The summed E-state index contributed by atoms with van der Waals surface area (Å²) in [5.41, 5.74) is 4.54. The molecule has 1 amide bonds. The van der Waals surface area contributed by atoms with Crippen LogP contribution < -0.4 is 5.43 Å². The van der Waals surface area contributed by atoms with E-state index >= 15 is 0 Å². The van der Waals surface area contributed by atoms with E-state index in [4.69, 9.17) is 11.6 Å². The molecule has 0 spiro atoms. The van der Waals surface area contributed by atoms with Gasteiger partial charge in [0.1, 0.15) is 0 Å². The molecule has 0 atom stereocenters. The zero-order valence-electron chi connectivity index (χ0n) is 11.6. The SMILES string of the molecule is O=C(CCCc1ccccc1)N/N=C\c1ccccc1Cl. The Hall–Kier alpha value is -2.13. The van der Waals surface area contributed by atoms with Crippen LogP contribution in [0.3, 0.4) is 0 Å². The highest BCUT2D eigenvalue weighted by Crippen LogP contribution is 2.12. The van der Waals surface area contributed by atoms with Crippen molar-refractivity contribution in [3.63, 3.8) is 0 Å². The summed E-state index contributed by atoms with van der Waals surface area (Å²) in [6.45, 7) is 0. The van der Waals surface area contributed by atoms with E-state index in [1.165, 1.54) is 5.56 Å². The van der Waals surface area contributed by atoms with Crippen molar-refractivity contribution in [3.05, 3.63) is 70.7 Å². The number of aryl methyl sites for hydroxylation is 1. The number of nitrogens with zero attached hydrogens (tertiary/aromatic N) is 1. The van der Waals surface area contributed by atoms with Crippen LogP contribution in [0.4, 0.5) is 0 Å². The van der Waals surface area contributed by atoms with Gasteiger partial charge in [-0.1, -0.05) is 60.1 Å². The van der Waals surface area contributed by atoms with Gasteiger partial charge in [0.15, 0.2) is 0 Å². The highest BCUT2D eigenvalue weighted by Gasteiger charge is 2.00. The van der Waals surface area contributed by atoms with Crippen LogP contribution >= 0.6 is 11.6 Å². The maximum absolute atomic E-state index is 11.7. The molecule has 2 rings (SSSR count). The molecule has 0 heterocycles. The van der Waals surface area contributed by atoms with Crippen LogP contribution in [0.1, 0.15) is 24.0 Å². The Kier molecular flexibility index (Phi) is 5.98. The van der Waals surface area contributed by atoms with Crippen LogP contribution in [0.2, 0.25) is 5.02 Å². The number of hydrogen-bond donors (Lipinski definition) is 1. The van der Waals surface area contributed by atoms with Gasteiger partial charge in [0.25, 0.3) is 0 Å². The summed E-state index contributed by atoms with van der Waals surface area (Å²) < 4.78 is 0. The Balaban J connectivity index is 1.71. The predicted octanol–water partition coefficient (Wildman–Crippen LogP) is 3.81. The lowest BCUT2D eigenvalue weighted by atomic mass is 10.1. The highest BCUT2D eigenvalue weighted by molar-refractivity contribution is 6.33. The van der Waals surface area contributed by atoms with E-state index in [0.29, 0.717) is 11.4 Å². The average Bonchev–Trinajstić information content (AvgIpc) is 2.50. The van der Waals surface area contributed by atoms with Gasteiger partial charge in [-0.2, -0.15) is 5.10 Å². The van der Waals surface area contributed by atoms with Gasteiger partial charge in [-0.15, -0.1) is 0 Å². The van der Waals surface area contributed by atoms with Crippen molar-refractivity contribution >= 4 is 23.7 Å². The molecule has 0 aliphatic rings. The molecule has 2 aromatic carbocycles. The largest absolute Gasteiger partial charge is 0.273 e. The van der Waals surface area contributed by atoms with Crippen LogP contribution in [-0.4, -0.2) is 12.1 Å². The summed E-state index contributed by atoms with van der Waals surface area (Å²) in [6.07, 6.45) is 3.70. The molecule has 21 heavy (non-hydrogen) atoms. The van der Waals surface area contributed by atoms with E-state index in [1.807, 2.05) is 36.4 Å². The first-order valence-corrected chi connectivity index (χ1v) is 7.24. The molecule has 108 valence electrons. The molecule has 0 aliphatic heterocycles. The first-order valence-electron chi connectivity index (χ1n) is 6.86. The topological polar surface area (TPSA) is 41.5 Å². The molecule has 1 N–H and O–H groups in total. The quantitative estimate of drug-likeness (QED) is 0.639. The Bertz CT molecular complexity index is 611. The van der Waals surface area contributed by atoms with E-state index in [-0.39, 0.29) is 5.91 Å². The van der Waals surface area contributed by atoms with Crippen LogP contribution in [0.25, 0.3) is 0 Å². The lowest BCUT2D eigenvalue weighted by Crippen LogP contribution is -2.17. The molecular weight excluding hydrogens is 284 g/mol. The van der Waals surface area contributed by atoms with Gasteiger partial charge < -0.3 is 0 Å². The highest BCUT2D eigenvalue weighted by atomic mass is 35.5. The first-order chi connectivity index (χ1) is 10.3. The van der Waals surface area contributed by atoms with E-state index in [9.17, 15) is 4.79 Å². The third-order valence-corrected chi connectivity index (χ3v) is 3.35. The second-order valence-electron chi connectivity index (χ2n) is 4.65. The molecular formula is C17H17ClN2O. The minimum atomic E-state index is -0.0887. The van der Waals surface area contributed by atoms with E-state index in [1.54, 1.807) is 12.3 Å². The van der Waals surface area contributed by atoms with Crippen molar-refractivity contribution in [1.29, 1.82) is 0 Å². The lowest BCUT2D eigenvalue weighted by Gasteiger charge is -2.01. The minimum Gasteiger partial charge on any atom is -0.273 e. The number of nitrogens with one attached hydrogen (secondary N) is 1. The third kappa shape index (κ3) is 5.40. The van der Waals surface area contributed by atoms with Gasteiger partial charge in [-0.3, -0.25) is 4.79 Å². The van der Waals surface area contributed by atoms with E-state index in [0.717, 1.165) is 18.4 Å². The second kappa shape index (κ2) is 8.22. The van der Waals surface area contributed by atoms with Gasteiger partial charge in [0.05, 0.1) is 6.21 Å². The molecule has 0 saturated heterocycles. The number of amides is 1. The van der Waals surface area contributed by atoms with Crippen molar-refractivity contribution in [1.82, 2.24) is 5.43 Å². The van der Waals surface area contributed by atoms with Crippen LogP contribution in [-0.2, 0) is 11.2 Å². The Morgan fingerprint density at radius 3 is 2.57 bits per heavy atom. The molecule has 0 aromatic heterocycles. The number of benzene rings is 2. The molecule has 0 unspecified atom stereocenters. The molecule has 0 bridgehead atoms. The van der Waals surface area contributed by atoms with Gasteiger partial charge in [0, 0.05) is 17.0 Å². The van der Waals surface area contributed by atoms with E-state index < -0.39 is 0 Å². The zero-order valence-corrected chi connectivity index (χ0v) is 12.4. The number of carbonyl (C=O) groups excluding carboxylic acids is 1. The molecule has 2 aromatic rings. The maximum Gasteiger partial charge on any atom is 0.240 e. The maximum atomic E-state index is 11.7. The summed E-state index contributed by atoms with van der Waals surface area (Å²) >= 11 is 5.99. The average molecular weight is 301 g/mol. The molecule has 3 nitrogen and oxygen atoms in total. The summed E-state index contributed by atoms with van der Waals surface area (Å²) in [4.78, 5) is 11.7. The molecule has 0 fully saturated rings. The number of hydrogen-bond acceptors (Lipinski definition) is 2. The summed E-state index contributed by atoms with van der Waals surface area (Å²) in [7, 11) is 0. The van der Waals surface area contributed by atoms with Crippen molar-refractivity contribution in [2.75, 3.05) is 0 Å². The van der Waals surface area contributed by atoms with Crippen LogP contribution in [0, 0.1) is 0 Å². The fourth-order valence-corrected chi connectivity index (χ4v) is 2.09. The number of halogens is 1. The smallest absolute Gasteiger partial charge is 0.240 e. The fraction of sp³-hybridized carbons (Fsp3) is 0.176. The number of rotatable bonds is 6. The van der Waals surface area contributed by atoms with Crippen molar-refractivity contribution in [2.24, 2.45) is 5.10 Å². The Morgan fingerprint density at radius 2 is 1.81 bits per heavy atom. The Labute approximate surface area is 129 Å². The lowest BCUT2D eigenvalue weighted by molar-refractivity contribution is -0.121. The number of hydrazone groups is 1. The fourth-order valence-electron chi connectivity index (χ4n) is 1.91. The molecule has 0 radical (unpaired) electrons. The summed E-state index contributed by atoms with van der Waals surface area (Å²) in [6, 6.07) is 17.5. The van der Waals surface area contributed by atoms with Gasteiger partial charge in [-0.25, -0.2) is 5.43 Å². The number of carbonyl (C=O) groups is 1. The van der Waals surface area contributed by atoms with Gasteiger partial charge >= 0.3 is 0 Å². The van der Waals surface area contributed by atoms with Crippen LogP contribution in [0.15, 0.2) is 59.7 Å². The first kappa shape index (κ1) is 15.3. The normalized spacial score (nSPS) is 10.7. The second-order valence-corrected chi connectivity index (χ2v) is 5.06. The predicted molar refractivity (Wildman–Crippen MR) is 86.6 cm³/mol. The van der Waals surface area contributed by atoms with Crippen molar-refractivity contribution in [3.8, 4) is 0 Å². The zero-order chi connectivity index (χ0) is 14.9. The van der Waals surface area contributed by atoms with Crippen molar-refractivity contribution in [2.45, 2.75) is 19.3 Å². The minimum absolute atomic E-state index is 0.0887. The monoisotopic (exact) mass is 300 g/mol. The molecule has 0 aliphatic carbocycles.